The van der Waals surface area contributed by atoms with Gasteiger partial charge in [0.15, 0.2) is 0 Å². The van der Waals surface area contributed by atoms with Crippen molar-refractivity contribution in [2.45, 2.75) is 38.8 Å². The van der Waals surface area contributed by atoms with E-state index in [-0.39, 0.29) is 11.9 Å². The van der Waals surface area contributed by atoms with E-state index in [9.17, 15) is 4.79 Å². The summed E-state index contributed by atoms with van der Waals surface area (Å²) in [5.74, 6) is -0.0145. The predicted molar refractivity (Wildman–Crippen MR) is 75.5 cm³/mol. The zero-order valence-corrected chi connectivity index (χ0v) is 11.9. The van der Waals surface area contributed by atoms with Crippen molar-refractivity contribution in [2.75, 3.05) is 7.05 Å². The fourth-order valence-corrected chi connectivity index (χ4v) is 1.98. The third kappa shape index (κ3) is 3.72. The monoisotopic (exact) mass is 268 g/mol. The molecule has 0 aromatic heterocycles. The number of nitrogens with zero attached hydrogens (tertiary/aromatic N) is 1. The molecule has 1 aromatic carbocycles. The SMILES string of the molecule is CCC[C@@H](N)C(=O)N(C)C(C)c1ccc(Cl)cc1. The van der Waals surface area contributed by atoms with Crippen LogP contribution in [0.15, 0.2) is 24.3 Å². The second-order valence-corrected chi connectivity index (χ2v) is 5.01. The van der Waals surface area contributed by atoms with E-state index in [0.29, 0.717) is 5.02 Å². The normalized spacial score (nSPS) is 14.1. The Bertz CT molecular complexity index is 391. The molecule has 1 rings (SSSR count). The second-order valence-electron chi connectivity index (χ2n) is 4.57. The van der Waals surface area contributed by atoms with Crippen molar-refractivity contribution in [3.05, 3.63) is 34.9 Å². The summed E-state index contributed by atoms with van der Waals surface area (Å²) in [6, 6.07) is 7.12. The molecule has 100 valence electrons. The second kappa shape index (κ2) is 6.76. The number of nitrogens with two attached hydrogens (primary N) is 1. The maximum atomic E-state index is 12.1. The van der Waals surface area contributed by atoms with Crippen molar-refractivity contribution in [1.29, 1.82) is 0 Å². The Kier molecular flexibility index (Phi) is 5.63. The number of halogens is 1. The van der Waals surface area contributed by atoms with Crippen molar-refractivity contribution in [2.24, 2.45) is 5.73 Å². The first kappa shape index (κ1) is 15.0. The topological polar surface area (TPSA) is 46.3 Å². The first-order valence-electron chi connectivity index (χ1n) is 6.25. The lowest BCUT2D eigenvalue weighted by Crippen LogP contribution is -2.42. The average molecular weight is 269 g/mol. The molecule has 2 atom stereocenters. The lowest BCUT2D eigenvalue weighted by atomic mass is 10.1. The van der Waals surface area contributed by atoms with Gasteiger partial charge in [-0.15, -0.1) is 0 Å². The highest BCUT2D eigenvalue weighted by molar-refractivity contribution is 6.30. The minimum atomic E-state index is -0.408. The van der Waals surface area contributed by atoms with Gasteiger partial charge >= 0.3 is 0 Å². The molecule has 0 spiro atoms. The molecule has 1 unspecified atom stereocenters. The zero-order valence-electron chi connectivity index (χ0n) is 11.2. The van der Waals surface area contributed by atoms with Crippen molar-refractivity contribution < 1.29 is 4.79 Å². The molecular formula is C14H21ClN2O. The smallest absolute Gasteiger partial charge is 0.239 e. The summed E-state index contributed by atoms with van der Waals surface area (Å²) >= 11 is 5.85. The van der Waals surface area contributed by atoms with Crippen LogP contribution in [0, 0.1) is 0 Å². The van der Waals surface area contributed by atoms with Crippen LogP contribution in [-0.2, 0) is 4.79 Å². The van der Waals surface area contributed by atoms with Crippen LogP contribution in [0.25, 0.3) is 0 Å². The summed E-state index contributed by atoms with van der Waals surface area (Å²) in [6.07, 6.45) is 1.63. The molecule has 2 N–H and O–H groups in total. The van der Waals surface area contributed by atoms with Crippen molar-refractivity contribution >= 4 is 17.5 Å². The van der Waals surface area contributed by atoms with Crippen LogP contribution in [-0.4, -0.2) is 23.9 Å². The van der Waals surface area contributed by atoms with Crippen LogP contribution in [0.1, 0.15) is 38.3 Å². The average Bonchev–Trinajstić information content (AvgIpc) is 2.37. The maximum Gasteiger partial charge on any atom is 0.239 e. The van der Waals surface area contributed by atoms with Gasteiger partial charge in [0.2, 0.25) is 5.91 Å². The largest absolute Gasteiger partial charge is 0.338 e. The Hall–Kier alpha value is -1.06. The summed E-state index contributed by atoms with van der Waals surface area (Å²) in [5, 5.41) is 0.697. The van der Waals surface area contributed by atoms with Gasteiger partial charge in [-0.3, -0.25) is 4.79 Å². The van der Waals surface area contributed by atoms with Gasteiger partial charge in [0, 0.05) is 12.1 Å². The molecular weight excluding hydrogens is 248 g/mol. The molecule has 1 amide bonds. The zero-order chi connectivity index (χ0) is 13.7. The van der Waals surface area contributed by atoms with Crippen LogP contribution in [0.4, 0.5) is 0 Å². The van der Waals surface area contributed by atoms with E-state index in [0.717, 1.165) is 18.4 Å². The fourth-order valence-electron chi connectivity index (χ4n) is 1.85. The van der Waals surface area contributed by atoms with E-state index in [4.69, 9.17) is 17.3 Å². The van der Waals surface area contributed by atoms with E-state index in [1.54, 1.807) is 11.9 Å². The molecule has 0 heterocycles. The number of amides is 1. The van der Waals surface area contributed by atoms with Crippen molar-refractivity contribution in [3.8, 4) is 0 Å². The first-order valence-corrected chi connectivity index (χ1v) is 6.62. The molecule has 0 saturated carbocycles. The van der Waals surface area contributed by atoms with Crippen LogP contribution in [0.5, 0.6) is 0 Å². The van der Waals surface area contributed by atoms with E-state index in [1.165, 1.54) is 0 Å². The first-order chi connectivity index (χ1) is 8.47. The molecule has 18 heavy (non-hydrogen) atoms. The summed E-state index contributed by atoms with van der Waals surface area (Å²) in [6.45, 7) is 4.01. The number of carbonyl (C=O) groups is 1. The van der Waals surface area contributed by atoms with E-state index >= 15 is 0 Å². The van der Waals surface area contributed by atoms with Crippen molar-refractivity contribution in [1.82, 2.24) is 4.90 Å². The number of carbonyl (C=O) groups excluding carboxylic acids is 1. The highest BCUT2D eigenvalue weighted by Gasteiger charge is 2.22. The Balaban J connectivity index is 2.74. The molecule has 0 aliphatic carbocycles. The Morgan fingerprint density at radius 1 is 1.39 bits per heavy atom. The molecule has 0 bridgehead atoms. The van der Waals surface area contributed by atoms with Gasteiger partial charge in [0.05, 0.1) is 12.1 Å². The quantitative estimate of drug-likeness (QED) is 0.892. The Labute approximate surface area is 114 Å². The van der Waals surface area contributed by atoms with Gasteiger partial charge in [-0.2, -0.15) is 0 Å². The highest BCUT2D eigenvalue weighted by Crippen LogP contribution is 2.21. The predicted octanol–water partition coefficient (Wildman–Crippen LogP) is 2.99. The minimum absolute atomic E-state index is 0.00215. The molecule has 0 aliphatic heterocycles. The van der Waals surface area contributed by atoms with Crippen LogP contribution >= 0.6 is 11.6 Å². The summed E-state index contributed by atoms with van der Waals surface area (Å²) in [4.78, 5) is 13.8. The fraction of sp³-hybridized carbons (Fsp3) is 0.500. The lowest BCUT2D eigenvalue weighted by Gasteiger charge is -2.28. The number of hydrogen-bond donors (Lipinski definition) is 1. The van der Waals surface area contributed by atoms with Gasteiger partial charge in [-0.1, -0.05) is 37.1 Å². The molecule has 3 nitrogen and oxygen atoms in total. The number of hydrogen-bond acceptors (Lipinski definition) is 2. The molecule has 0 fully saturated rings. The maximum absolute atomic E-state index is 12.1. The third-order valence-electron chi connectivity index (χ3n) is 3.20. The standard InChI is InChI=1S/C14H21ClN2O/c1-4-5-13(16)14(18)17(3)10(2)11-6-8-12(15)9-7-11/h6-10,13H,4-5,16H2,1-3H3/t10?,13-/m1/s1. The molecule has 0 aliphatic rings. The van der Waals surface area contributed by atoms with Gasteiger partial charge in [-0.25, -0.2) is 0 Å². The lowest BCUT2D eigenvalue weighted by molar-refractivity contribution is -0.133. The summed E-state index contributed by atoms with van der Waals surface area (Å²) < 4.78 is 0. The molecule has 0 saturated heterocycles. The number of likely N-dealkylation sites (N-methyl/N-ethyl adjacent to an activating group) is 1. The summed E-state index contributed by atoms with van der Waals surface area (Å²) in [5.41, 5.74) is 6.91. The van der Waals surface area contributed by atoms with E-state index in [1.807, 2.05) is 38.1 Å². The third-order valence-corrected chi connectivity index (χ3v) is 3.45. The Morgan fingerprint density at radius 3 is 2.44 bits per heavy atom. The van der Waals surface area contributed by atoms with E-state index < -0.39 is 6.04 Å². The van der Waals surface area contributed by atoms with Gasteiger partial charge in [-0.05, 0) is 31.0 Å². The number of rotatable bonds is 5. The summed E-state index contributed by atoms with van der Waals surface area (Å²) in [7, 11) is 1.79. The van der Waals surface area contributed by atoms with Crippen molar-refractivity contribution in [3.63, 3.8) is 0 Å². The van der Waals surface area contributed by atoms with Crippen LogP contribution in [0.2, 0.25) is 5.02 Å². The molecule has 4 heteroatoms. The van der Waals surface area contributed by atoms with Crippen LogP contribution < -0.4 is 5.73 Å². The Morgan fingerprint density at radius 2 is 1.94 bits per heavy atom. The minimum Gasteiger partial charge on any atom is -0.338 e. The van der Waals surface area contributed by atoms with Gasteiger partial charge in [0.1, 0.15) is 0 Å². The van der Waals surface area contributed by atoms with Gasteiger partial charge in [0.25, 0.3) is 0 Å². The van der Waals surface area contributed by atoms with Crippen LogP contribution in [0.3, 0.4) is 0 Å². The molecule has 0 radical (unpaired) electrons. The molecule has 1 aromatic rings. The highest BCUT2D eigenvalue weighted by atomic mass is 35.5. The number of benzene rings is 1. The van der Waals surface area contributed by atoms with E-state index in [2.05, 4.69) is 0 Å². The van der Waals surface area contributed by atoms with Gasteiger partial charge < -0.3 is 10.6 Å².